The molecule has 0 radical (unpaired) electrons. The monoisotopic (exact) mass is 829 g/mol. The molecule has 0 unspecified atom stereocenters. The van der Waals surface area contributed by atoms with Gasteiger partial charge in [0.1, 0.15) is 0 Å². The third-order valence-corrected chi connectivity index (χ3v) is 15.7. The predicted octanol–water partition coefficient (Wildman–Crippen LogP) is 16.2. The molecule has 64 heavy (non-hydrogen) atoms. The molecule has 298 valence electrons. The standard InChI is InChI=1S/C62H39NS/c1-3-19-40(20-4-1)61(49-28-12-7-23-43(49)44-24-8-13-29-50(44)61)55-34-18-36-57-60(55)48-38-37-42(39-58(48)64-57)63(41-21-5-2-6-22-41)56-35-17-33-54-59(56)47-27-11-16-32-53(47)62(54)51-30-14-9-25-45(51)46-26-10-15-31-52(46)62/h1-39H. The summed E-state index contributed by atoms with van der Waals surface area (Å²) in [4.78, 5) is 2.50. The minimum absolute atomic E-state index is 0.421. The van der Waals surface area contributed by atoms with E-state index in [1.807, 2.05) is 11.3 Å². The molecule has 0 aliphatic heterocycles. The first-order valence-corrected chi connectivity index (χ1v) is 23.1. The first kappa shape index (κ1) is 35.8. The van der Waals surface area contributed by atoms with Crippen molar-refractivity contribution in [3.05, 3.63) is 281 Å². The average molecular weight is 830 g/mol. The lowest BCUT2D eigenvalue weighted by Gasteiger charge is -2.34. The van der Waals surface area contributed by atoms with E-state index in [4.69, 9.17) is 0 Å². The highest BCUT2D eigenvalue weighted by Gasteiger charge is 2.52. The van der Waals surface area contributed by atoms with Gasteiger partial charge in [-0.1, -0.05) is 200 Å². The molecule has 0 saturated carbocycles. The Hall–Kier alpha value is -7.78. The van der Waals surface area contributed by atoms with E-state index >= 15 is 0 Å². The first-order chi connectivity index (χ1) is 31.8. The zero-order chi connectivity index (χ0) is 42.0. The molecule has 3 aliphatic rings. The highest BCUT2D eigenvalue weighted by Crippen LogP contribution is 2.65. The average Bonchev–Trinajstić information content (AvgIpc) is 4.08. The summed E-state index contributed by atoms with van der Waals surface area (Å²) < 4.78 is 2.56. The Morgan fingerprint density at radius 1 is 0.312 bits per heavy atom. The second kappa shape index (κ2) is 13.4. The van der Waals surface area contributed by atoms with E-state index < -0.39 is 10.8 Å². The van der Waals surface area contributed by atoms with Crippen LogP contribution in [0.15, 0.2) is 237 Å². The fraction of sp³-hybridized carbons (Fsp3) is 0.0323. The molecular formula is C62H39NS. The molecule has 0 saturated heterocycles. The van der Waals surface area contributed by atoms with Crippen LogP contribution in [0.4, 0.5) is 17.1 Å². The maximum absolute atomic E-state index is 2.50. The van der Waals surface area contributed by atoms with Gasteiger partial charge in [-0.3, -0.25) is 0 Å². The number of para-hydroxylation sites is 1. The maximum atomic E-state index is 2.50. The van der Waals surface area contributed by atoms with Crippen LogP contribution in [0.1, 0.15) is 44.5 Å². The van der Waals surface area contributed by atoms with Crippen molar-refractivity contribution in [3.8, 4) is 33.4 Å². The summed E-state index contributed by atoms with van der Waals surface area (Å²) >= 11 is 1.90. The molecule has 0 atom stereocenters. The van der Waals surface area contributed by atoms with Crippen LogP contribution in [-0.4, -0.2) is 0 Å². The van der Waals surface area contributed by atoms with Crippen LogP contribution in [0.2, 0.25) is 0 Å². The van der Waals surface area contributed by atoms with Gasteiger partial charge < -0.3 is 4.90 Å². The minimum Gasteiger partial charge on any atom is -0.310 e. The molecule has 0 amide bonds. The van der Waals surface area contributed by atoms with Crippen molar-refractivity contribution in [1.29, 1.82) is 0 Å². The molecule has 1 spiro atoms. The number of benzene rings is 10. The molecule has 1 nitrogen and oxygen atoms in total. The topological polar surface area (TPSA) is 3.24 Å². The molecule has 0 bridgehead atoms. The number of nitrogens with zero attached hydrogens (tertiary/aromatic N) is 1. The second-order valence-electron chi connectivity index (χ2n) is 17.4. The van der Waals surface area contributed by atoms with Gasteiger partial charge in [0.05, 0.1) is 16.5 Å². The molecular weight excluding hydrogens is 791 g/mol. The maximum Gasteiger partial charge on any atom is 0.0726 e. The zero-order valence-corrected chi connectivity index (χ0v) is 35.7. The smallest absolute Gasteiger partial charge is 0.0726 e. The largest absolute Gasteiger partial charge is 0.310 e. The number of fused-ring (bicyclic) bond motifs is 16. The Morgan fingerprint density at radius 3 is 1.39 bits per heavy atom. The Morgan fingerprint density at radius 2 is 0.781 bits per heavy atom. The molecule has 0 fully saturated rings. The van der Waals surface area contributed by atoms with E-state index in [1.165, 1.54) is 104 Å². The fourth-order valence-electron chi connectivity index (χ4n) is 12.3. The van der Waals surface area contributed by atoms with Gasteiger partial charge in [0, 0.05) is 37.1 Å². The molecule has 10 aromatic carbocycles. The Balaban J connectivity index is 1.02. The second-order valence-corrected chi connectivity index (χ2v) is 18.5. The van der Waals surface area contributed by atoms with Gasteiger partial charge >= 0.3 is 0 Å². The normalized spacial score (nSPS) is 14.2. The van der Waals surface area contributed by atoms with Gasteiger partial charge in [-0.2, -0.15) is 0 Å². The summed E-state index contributed by atoms with van der Waals surface area (Å²) in [6.45, 7) is 0. The summed E-state index contributed by atoms with van der Waals surface area (Å²) in [5, 5.41) is 2.61. The summed E-state index contributed by atoms with van der Waals surface area (Å²) in [6, 6.07) is 88.7. The lowest BCUT2D eigenvalue weighted by atomic mass is 9.66. The Bertz CT molecular complexity index is 3600. The van der Waals surface area contributed by atoms with Crippen LogP contribution in [0.3, 0.4) is 0 Å². The molecule has 3 aliphatic carbocycles. The van der Waals surface area contributed by atoms with Crippen LogP contribution in [0, 0.1) is 0 Å². The number of hydrogen-bond donors (Lipinski definition) is 0. The van der Waals surface area contributed by atoms with E-state index in [9.17, 15) is 0 Å². The summed E-state index contributed by atoms with van der Waals surface area (Å²) in [7, 11) is 0. The third-order valence-electron chi connectivity index (χ3n) is 14.6. The van der Waals surface area contributed by atoms with Crippen molar-refractivity contribution >= 4 is 48.6 Å². The number of thiophene rings is 1. The van der Waals surface area contributed by atoms with Gasteiger partial charge in [0.15, 0.2) is 0 Å². The first-order valence-electron chi connectivity index (χ1n) is 22.3. The zero-order valence-electron chi connectivity index (χ0n) is 34.9. The van der Waals surface area contributed by atoms with Crippen molar-refractivity contribution < 1.29 is 0 Å². The van der Waals surface area contributed by atoms with Crippen molar-refractivity contribution in [2.45, 2.75) is 10.8 Å². The van der Waals surface area contributed by atoms with Crippen molar-refractivity contribution in [3.63, 3.8) is 0 Å². The molecule has 14 rings (SSSR count). The van der Waals surface area contributed by atoms with E-state index in [0.29, 0.717) is 0 Å². The molecule has 1 aromatic heterocycles. The van der Waals surface area contributed by atoms with Crippen LogP contribution < -0.4 is 4.90 Å². The summed E-state index contributed by atoms with van der Waals surface area (Å²) in [6.07, 6.45) is 0. The molecule has 2 heteroatoms. The van der Waals surface area contributed by atoms with Crippen LogP contribution >= 0.6 is 11.3 Å². The van der Waals surface area contributed by atoms with E-state index in [1.54, 1.807) is 0 Å². The quantitative estimate of drug-likeness (QED) is 0.167. The van der Waals surface area contributed by atoms with Gasteiger partial charge in [0.2, 0.25) is 0 Å². The van der Waals surface area contributed by atoms with Gasteiger partial charge in [-0.15, -0.1) is 11.3 Å². The Labute approximate surface area is 376 Å². The van der Waals surface area contributed by atoms with Crippen molar-refractivity contribution in [2.75, 3.05) is 4.90 Å². The van der Waals surface area contributed by atoms with E-state index in [-0.39, 0.29) is 0 Å². The van der Waals surface area contributed by atoms with Gasteiger partial charge in [-0.05, 0) is 109 Å². The molecule has 11 aromatic rings. The van der Waals surface area contributed by atoms with E-state index in [0.717, 1.165) is 11.4 Å². The van der Waals surface area contributed by atoms with Crippen molar-refractivity contribution in [1.82, 2.24) is 0 Å². The molecule has 1 heterocycles. The molecule has 0 N–H and O–H groups in total. The van der Waals surface area contributed by atoms with Crippen molar-refractivity contribution in [2.24, 2.45) is 0 Å². The number of anilines is 3. The summed E-state index contributed by atoms with van der Waals surface area (Å²) in [5.41, 5.74) is 21.1. The third kappa shape index (κ3) is 4.53. The number of hydrogen-bond acceptors (Lipinski definition) is 2. The summed E-state index contributed by atoms with van der Waals surface area (Å²) in [5.74, 6) is 0. The highest BCUT2D eigenvalue weighted by molar-refractivity contribution is 7.25. The SMILES string of the molecule is c1ccc(N(c2ccc3c(c2)sc2cccc(C4(c5ccccc5)c5ccccc5-c5ccccc54)c23)c2cccc3c2-c2ccccc2C32c3ccccc3-c3ccccc32)cc1. The van der Waals surface area contributed by atoms with Crippen LogP contribution in [-0.2, 0) is 10.8 Å². The predicted molar refractivity (Wildman–Crippen MR) is 268 cm³/mol. The van der Waals surface area contributed by atoms with Crippen LogP contribution in [0.25, 0.3) is 53.6 Å². The fourth-order valence-corrected chi connectivity index (χ4v) is 13.4. The van der Waals surface area contributed by atoms with Gasteiger partial charge in [-0.25, -0.2) is 0 Å². The Kier molecular flexibility index (Phi) is 7.47. The lowest BCUT2D eigenvalue weighted by molar-refractivity contribution is 0.777. The minimum atomic E-state index is -0.484. The van der Waals surface area contributed by atoms with E-state index in [2.05, 4.69) is 241 Å². The number of rotatable bonds is 5. The lowest BCUT2D eigenvalue weighted by Crippen LogP contribution is -2.28. The highest BCUT2D eigenvalue weighted by atomic mass is 32.1. The van der Waals surface area contributed by atoms with Crippen LogP contribution in [0.5, 0.6) is 0 Å². The van der Waals surface area contributed by atoms with Gasteiger partial charge in [0.25, 0.3) is 0 Å².